The number of nitrogens with one attached hydrogen (secondary N) is 2. The van der Waals surface area contributed by atoms with E-state index in [0.717, 1.165) is 37.2 Å². The average Bonchev–Trinajstić information content (AvgIpc) is 2.80. The van der Waals surface area contributed by atoms with E-state index in [1.165, 1.54) is 6.92 Å². The van der Waals surface area contributed by atoms with Crippen LogP contribution in [0.5, 0.6) is 0 Å². The third-order valence-corrected chi connectivity index (χ3v) is 5.10. The molecule has 0 radical (unpaired) electrons. The van der Waals surface area contributed by atoms with Crippen molar-refractivity contribution in [1.82, 2.24) is 4.98 Å². The van der Waals surface area contributed by atoms with Crippen LogP contribution in [0, 0.1) is 24.1 Å². The molecule has 0 amide bonds. The molecule has 1 heterocycles. The quantitative estimate of drug-likeness (QED) is 0.175. The molecule has 11 heteroatoms. The Morgan fingerprint density at radius 3 is 2.34 bits per heavy atom. The maximum absolute atomic E-state index is 14.2. The van der Waals surface area contributed by atoms with Gasteiger partial charge in [0.2, 0.25) is 0 Å². The van der Waals surface area contributed by atoms with Gasteiger partial charge in [0.05, 0.1) is 11.1 Å². The van der Waals surface area contributed by atoms with Crippen LogP contribution in [-0.4, -0.2) is 11.5 Å². The van der Waals surface area contributed by atoms with Gasteiger partial charge in [-0.05, 0) is 49.7 Å². The number of nitriles is 1. The monoisotopic (exact) mass is 485 g/mol. The normalized spacial score (nSPS) is 11.5. The Labute approximate surface area is 199 Å². The minimum atomic E-state index is -4.84. The van der Waals surface area contributed by atoms with E-state index in [-0.39, 0.29) is 28.5 Å². The minimum absolute atomic E-state index is 0.00968. The van der Waals surface area contributed by atoms with Crippen molar-refractivity contribution >= 4 is 34.4 Å². The predicted octanol–water partition coefficient (Wildman–Crippen LogP) is 7.37. The van der Waals surface area contributed by atoms with Gasteiger partial charge in [-0.3, -0.25) is 0 Å². The van der Waals surface area contributed by atoms with E-state index in [2.05, 4.69) is 32.8 Å². The maximum Gasteiger partial charge on any atom is 0.418 e. The molecule has 0 aliphatic carbocycles. The van der Waals surface area contributed by atoms with Crippen LogP contribution in [0.25, 0.3) is 0 Å². The van der Waals surface area contributed by atoms with Crippen molar-refractivity contribution in [3.8, 4) is 6.07 Å². The average molecular weight is 485 g/mol. The summed E-state index contributed by atoms with van der Waals surface area (Å²) in [7, 11) is 0. The molecule has 35 heavy (non-hydrogen) atoms. The smallest absolute Gasteiger partial charge is 0.385 e. The number of pyridine rings is 1. The fourth-order valence-electron chi connectivity index (χ4n) is 3.23. The molecule has 3 rings (SSSR count). The van der Waals surface area contributed by atoms with Crippen LogP contribution in [0.1, 0.15) is 36.5 Å². The first-order valence-corrected chi connectivity index (χ1v) is 10.7. The van der Waals surface area contributed by atoms with Crippen LogP contribution in [0.2, 0.25) is 0 Å². The van der Waals surface area contributed by atoms with E-state index < -0.39 is 23.2 Å². The summed E-state index contributed by atoms with van der Waals surface area (Å²) in [4.78, 5) is 4.15. The number of alkyl halides is 3. The number of nitrogen functional groups attached to an aromatic ring is 1. The van der Waals surface area contributed by atoms with Crippen molar-refractivity contribution in [2.75, 3.05) is 22.9 Å². The molecule has 0 bridgehead atoms. The number of aromatic nitrogens is 1. The van der Waals surface area contributed by atoms with Crippen molar-refractivity contribution in [3.05, 3.63) is 65.0 Å². The zero-order chi connectivity index (χ0) is 25.6. The van der Waals surface area contributed by atoms with Crippen LogP contribution < -0.4 is 16.4 Å². The SMILES string of the molecule is CCCCNc1ccc(Nc2nc(N)c(C#N)c(C)c2N=Nc2c(F)cccc2C(F)(F)F)cc1. The van der Waals surface area contributed by atoms with Gasteiger partial charge in [0.15, 0.2) is 11.6 Å². The van der Waals surface area contributed by atoms with Gasteiger partial charge in [-0.2, -0.15) is 18.4 Å². The standard InChI is InChI=1S/C24H23F4N7/c1-3-4-12-31-15-8-10-16(11-9-15)32-23-20(14(2)17(13-29)22(30)33-23)34-35-21-18(24(26,27)28)6-5-7-19(21)25/h5-11,31H,3-4,12H2,1-2H3,(H3,30,32,33). The lowest BCUT2D eigenvalue weighted by Gasteiger charge is -2.14. The zero-order valence-electron chi connectivity index (χ0n) is 19.0. The molecule has 0 saturated heterocycles. The Bertz CT molecular complexity index is 1260. The summed E-state index contributed by atoms with van der Waals surface area (Å²) >= 11 is 0. The summed E-state index contributed by atoms with van der Waals surface area (Å²) in [5.41, 5.74) is 5.32. The summed E-state index contributed by atoms with van der Waals surface area (Å²) in [6.45, 7) is 4.43. The molecule has 0 atom stereocenters. The second kappa shape index (κ2) is 10.8. The summed E-state index contributed by atoms with van der Waals surface area (Å²) in [5, 5.41) is 23.1. The highest BCUT2D eigenvalue weighted by molar-refractivity contribution is 5.77. The van der Waals surface area contributed by atoms with Crippen molar-refractivity contribution in [2.24, 2.45) is 10.2 Å². The van der Waals surface area contributed by atoms with Gasteiger partial charge in [0, 0.05) is 23.5 Å². The number of hydrogen-bond acceptors (Lipinski definition) is 7. The van der Waals surface area contributed by atoms with E-state index in [9.17, 15) is 22.8 Å². The summed E-state index contributed by atoms with van der Waals surface area (Å²) in [6.07, 6.45) is -2.75. The highest BCUT2D eigenvalue weighted by atomic mass is 19.4. The number of anilines is 4. The van der Waals surface area contributed by atoms with Crippen LogP contribution in [0.15, 0.2) is 52.7 Å². The van der Waals surface area contributed by atoms with Gasteiger partial charge in [0.1, 0.15) is 23.3 Å². The molecule has 0 unspecified atom stereocenters. The Balaban J connectivity index is 2.01. The molecule has 0 spiro atoms. The first-order chi connectivity index (χ1) is 16.7. The molecule has 0 aliphatic rings. The van der Waals surface area contributed by atoms with Crippen LogP contribution in [-0.2, 0) is 6.18 Å². The topological polar surface area (TPSA) is 111 Å². The lowest BCUT2D eigenvalue weighted by atomic mass is 10.1. The zero-order valence-corrected chi connectivity index (χ0v) is 19.0. The number of nitrogens with zero attached hydrogens (tertiary/aromatic N) is 4. The summed E-state index contributed by atoms with van der Waals surface area (Å²) < 4.78 is 54.3. The van der Waals surface area contributed by atoms with Crippen LogP contribution in [0.3, 0.4) is 0 Å². The molecule has 2 aromatic carbocycles. The number of benzene rings is 2. The molecule has 0 aliphatic heterocycles. The van der Waals surface area contributed by atoms with E-state index in [0.29, 0.717) is 11.8 Å². The highest BCUT2D eigenvalue weighted by Gasteiger charge is 2.35. The van der Waals surface area contributed by atoms with E-state index >= 15 is 0 Å². The van der Waals surface area contributed by atoms with Gasteiger partial charge >= 0.3 is 6.18 Å². The number of unbranched alkanes of at least 4 members (excludes halogenated alkanes) is 1. The first kappa shape index (κ1) is 25.4. The number of azo groups is 1. The molecule has 182 valence electrons. The lowest BCUT2D eigenvalue weighted by molar-refractivity contribution is -0.137. The lowest BCUT2D eigenvalue weighted by Crippen LogP contribution is -2.06. The molecule has 7 nitrogen and oxygen atoms in total. The van der Waals surface area contributed by atoms with Crippen LogP contribution >= 0.6 is 0 Å². The maximum atomic E-state index is 14.2. The number of halogens is 4. The number of nitrogens with two attached hydrogens (primary N) is 1. The molecule has 0 saturated carbocycles. The first-order valence-electron chi connectivity index (χ1n) is 10.7. The van der Waals surface area contributed by atoms with Gasteiger partial charge < -0.3 is 16.4 Å². The molecule has 1 aromatic heterocycles. The highest BCUT2D eigenvalue weighted by Crippen LogP contribution is 2.40. The largest absolute Gasteiger partial charge is 0.418 e. The third-order valence-electron chi connectivity index (χ3n) is 5.10. The second-order valence-corrected chi connectivity index (χ2v) is 7.62. The molecule has 3 aromatic rings. The summed E-state index contributed by atoms with van der Waals surface area (Å²) in [5.74, 6) is -1.23. The van der Waals surface area contributed by atoms with E-state index in [1.807, 2.05) is 18.2 Å². The Hall–Kier alpha value is -4.20. The number of hydrogen-bond donors (Lipinski definition) is 3. The van der Waals surface area contributed by atoms with Crippen molar-refractivity contribution < 1.29 is 17.6 Å². The van der Waals surface area contributed by atoms with Crippen molar-refractivity contribution in [2.45, 2.75) is 32.9 Å². The fraction of sp³-hybridized carbons (Fsp3) is 0.250. The van der Waals surface area contributed by atoms with Gasteiger partial charge in [-0.15, -0.1) is 10.2 Å². The van der Waals surface area contributed by atoms with Crippen molar-refractivity contribution in [3.63, 3.8) is 0 Å². The molecular weight excluding hydrogens is 462 g/mol. The molecular formula is C24H23F4N7. The Morgan fingerprint density at radius 1 is 1.06 bits per heavy atom. The third kappa shape index (κ3) is 6.03. The molecule has 0 fully saturated rings. The van der Waals surface area contributed by atoms with Crippen LogP contribution in [0.4, 0.5) is 51.9 Å². The van der Waals surface area contributed by atoms with Gasteiger partial charge in [-0.25, -0.2) is 9.37 Å². The molecule has 4 N–H and O–H groups in total. The van der Waals surface area contributed by atoms with Crippen molar-refractivity contribution in [1.29, 1.82) is 5.26 Å². The predicted molar refractivity (Wildman–Crippen MR) is 127 cm³/mol. The second-order valence-electron chi connectivity index (χ2n) is 7.62. The van der Waals surface area contributed by atoms with E-state index in [1.54, 1.807) is 12.1 Å². The van der Waals surface area contributed by atoms with E-state index in [4.69, 9.17) is 5.73 Å². The fourth-order valence-corrected chi connectivity index (χ4v) is 3.23. The van der Waals surface area contributed by atoms with Gasteiger partial charge in [0.25, 0.3) is 0 Å². The number of rotatable bonds is 8. The minimum Gasteiger partial charge on any atom is -0.385 e. The Morgan fingerprint density at radius 2 is 1.71 bits per heavy atom. The van der Waals surface area contributed by atoms with Gasteiger partial charge in [-0.1, -0.05) is 19.4 Å². The Kier molecular flexibility index (Phi) is 7.86. The summed E-state index contributed by atoms with van der Waals surface area (Å²) in [6, 6.07) is 11.6.